The van der Waals surface area contributed by atoms with Gasteiger partial charge in [-0.25, -0.2) is 0 Å². The molecule has 0 bridgehead atoms. The molecular formula is C19H18N4O6. The van der Waals surface area contributed by atoms with E-state index in [1.165, 1.54) is 13.0 Å². The molecule has 0 radical (unpaired) electrons. The van der Waals surface area contributed by atoms with E-state index in [-0.39, 0.29) is 11.9 Å². The van der Waals surface area contributed by atoms with Crippen LogP contribution < -0.4 is 16.2 Å². The molecule has 10 nitrogen and oxygen atoms in total. The summed E-state index contributed by atoms with van der Waals surface area (Å²) in [5.41, 5.74) is 4.99. The van der Waals surface area contributed by atoms with Crippen LogP contribution in [0.2, 0.25) is 0 Å². The number of primary amides is 1. The molecule has 0 spiro atoms. The lowest BCUT2D eigenvalue weighted by atomic mass is 10.0. The molecule has 2 N–H and O–H groups in total. The van der Waals surface area contributed by atoms with Crippen molar-refractivity contribution in [2.75, 3.05) is 4.90 Å². The Bertz CT molecular complexity index is 1120. The maximum atomic E-state index is 12.7. The standard InChI is InChI=1S/C19H18N4O6/c1-10-5-13-6-12(3-4-16(13)22(10)11(2)24)17(25)9-21-8-14(23(28)29)7-15(18(20)26)19(21)27/h3-4,6-8,10H,5,9H2,1-2H3,(H2,20,26). The summed E-state index contributed by atoms with van der Waals surface area (Å²) in [6.45, 7) is 2.87. The predicted octanol–water partition coefficient (Wildman–Crippen LogP) is 1.04. The number of carbonyl (C=O) groups excluding carboxylic acids is 3. The van der Waals surface area contributed by atoms with E-state index < -0.39 is 40.0 Å². The maximum Gasteiger partial charge on any atom is 0.286 e. The van der Waals surface area contributed by atoms with Crippen LogP contribution in [0.15, 0.2) is 35.3 Å². The lowest BCUT2D eigenvalue weighted by molar-refractivity contribution is -0.385. The molecule has 1 aromatic heterocycles. The molecule has 1 unspecified atom stereocenters. The molecule has 29 heavy (non-hydrogen) atoms. The van der Waals surface area contributed by atoms with Crippen molar-refractivity contribution < 1.29 is 19.3 Å². The lowest BCUT2D eigenvalue weighted by Gasteiger charge is -2.20. The number of nitro groups is 1. The van der Waals surface area contributed by atoms with E-state index in [1.807, 2.05) is 6.92 Å². The van der Waals surface area contributed by atoms with Crippen molar-refractivity contribution in [1.82, 2.24) is 4.57 Å². The van der Waals surface area contributed by atoms with E-state index in [2.05, 4.69) is 0 Å². The summed E-state index contributed by atoms with van der Waals surface area (Å²) in [6, 6.07) is 5.60. The SMILES string of the molecule is CC(=O)N1c2ccc(C(=O)Cn3cc([N+](=O)[O-])cc(C(N)=O)c3=O)cc2CC1C. The average molecular weight is 398 g/mol. The van der Waals surface area contributed by atoms with Gasteiger partial charge in [0.25, 0.3) is 17.2 Å². The highest BCUT2D eigenvalue weighted by Crippen LogP contribution is 2.33. The zero-order chi connectivity index (χ0) is 21.5. The first kappa shape index (κ1) is 19.9. The van der Waals surface area contributed by atoms with E-state index in [0.29, 0.717) is 12.0 Å². The summed E-state index contributed by atoms with van der Waals surface area (Å²) in [5.74, 6) is -1.69. The molecule has 2 heterocycles. The molecule has 0 saturated carbocycles. The summed E-state index contributed by atoms with van der Waals surface area (Å²) in [7, 11) is 0. The van der Waals surface area contributed by atoms with Gasteiger partial charge in [-0.3, -0.25) is 29.3 Å². The number of fused-ring (bicyclic) bond motifs is 1. The van der Waals surface area contributed by atoms with Gasteiger partial charge >= 0.3 is 0 Å². The van der Waals surface area contributed by atoms with Gasteiger partial charge in [0, 0.05) is 30.3 Å². The molecule has 150 valence electrons. The van der Waals surface area contributed by atoms with Crippen LogP contribution in [0.25, 0.3) is 0 Å². The van der Waals surface area contributed by atoms with Crippen LogP contribution in [0.3, 0.4) is 0 Å². The van der Waals surface area contributed by atoms with Crippen molar-refractivity contribution in [3.05, 3.63) is 67.6 Å². The molecular weight excluding hydrogens is 380 g/mol. The van der Waals surface area contributed by atoms with E-state index in [0.717, 1.165) is 28.1 Å². The van der Waals surface area contributed by atoms with Gasteiger partial charge in [-0.2, -0.15) is 0 Å². The Morgan fingerprint density at radius 2 is 1.97 bits per heavy atom. The number of pyridine rings is 1. The molecule has 0 aliphatic carbocycles. The summed E-state index contributed by atoms with van der Waals surface area (Å²) in [4.78, 5) is 60.2. The Morgan fingerprint density at radius 1 is 1.28 bits per heavy atom. The second-order valence-electron chi connectivity index (χ2n) is 6.88. The van der Waals surface area contributed by atoms with E-state index in [4.69, 9.17) is 5.73 Å². The highest BCUT2D eigenvalue weighted by atomic mass is 16.6. The molecule has 3 rings (SSSR count). The first-order chi connectivity index (χ1) is 13.6. The fourth-order valence-corrected chi connectivity index (χ4v) is 3.54. The zero-order valence-corrected chi connectivity index (χ0v) is 15.7. The summed E-state index contributed by atoms with van der Waals surface area (Å²) < 4.78 is 0.804. The van der Waals surface area contributed by atoms with Gasteiger partial charge in [0.1, 0.15) is 5.56 Å². The van der Waals surface area contributed by atoms with Crippen LogP contribution in [0.1, 0.15) is 40.1 Å². The number of nitrogens with zero attached hydrogens (tertiary/aromatic N) is 3. The normalized spacial score (nSPS) is 15.1. The lowest BCUT2D eigenvalue weighted by Crippen LogP contribution is -2.33. The van der Waals surface area contributed by atoms with Crippen LogP contribution in [-0.4, -0.2) is 33.1 Å². The van der Waals surface area contributed by atoms with Gasteiger partial charge in [-0.15, -0.1) is 0 Å². The number of benzene rings is 1. The molecule has 0 saturated heterocycles. The van der Waals surface area contributed by atoms with Crippen molar-refractivity contribution in [2.24, 2.45) is 5.73 Å². The highest BCUT2D eigenvalue weighted by molar-refractivity contribution is 5.99. The molecule has 1 atom stereocenters. The highest BCUT2D eigenvalue weighted by Gasteiger charge is 2.29. The second kappa shape index (κ2) is 7.30. The topological polar surface area (TPSA) is 146 Å². The van der Waals surface area contributed by atoms with Gasteiger partial charge in [-0.05, 0) is 37.1 Å². The fourth-order valence-electron chi connectivity index (χ4n) is 3.54. The molecule has 2 amide bonds. The maximum absolute atomic E-state index is 12.7. The summed E-state index contributed by atoms with van der Waals surface area (Å²) >= 11 is 0. The zero-order valence-electron chi connectivity index (χ0n) is 15.7. The molecule has 2 aromatic rings. The first-order valence-electron chi connectivity index (χ1n) is 8.74. The molecule has 1 aliphatic rings. The number of carbonyl (C=O) groups is 3. The van der Waals surface area contributed by atoms with Gasteiger partial charge in [0.2, 0.25) is 5.91 Å². The van der Waals surface area contributed by atoms with Crippen molar-refractivity contribution in [3.63, 3.8) is 0 Å². The van der Waals surface area contributed by atoms with E-state index >= 15 is 0 Å². The third kappa shape index (κ3) is 3.64. The van der Waals surface area contributed by atoms with Crippen LogP contribution >= 0.6 is 0 Å². The predicted molar refractivity (Wildman–Crippen MR) is 103 cm³/mol. The molecule has 10 heteroatoms. The Kier molecular flexibility index (Phi) is 5.02. The van der Waals surface area contributed by atoms with Crippen LogP contribution in [0.5, 0.6) is 0 Å². The smallest absolute Gasteiger partial charge is 0.286 e. The van der Waals surface area contributed by atoms with Crippen molar-refractivity contribution in [1.29, 1.82) is 0 Å². The average Bonchev–Trinajstić information content (AvgIpc) is 2.97. The molecule has 1 aromatic carbocycles. The van der Waals surface area contributed by atoms with E-state index in [9.17, 15) is 29.3 Å². The number of anilines is 1. The van der Waals surface area contributed by atoms with Gasteiger partial charge in [-0.1, -0.05) is 0 Å². The quantitative estimate of drug-likeness (QED) is 0.452. The molecule has 0 fully saturated rings. The summed E-state index contributed by atoms with van der Waals surface area (Å²) in [6.07, 6.45) is 1.48. The minimum atomic E-state index is -1.12. The number of hydrogen-bond donors (Lipinski definition) is 1. The largest absolute Gasteiger partial charge is 0.365 e. The number of nitrogens with two attached hydrogens (primary N) is 1. The minimum Gasteiger partial charge on any atom is -0.365 e. The monoisotopic (exact) mass is 398 g/mol. The van der Waals surface area contributed by atoms with Gasteiger partial charge in [0.15, 0.2) is 5.78 Å². The third-order valence-corrected chi connectivity index (χ3v) is 4.82. The fraction of sp³-hybridized carbons (Fsp3) is 0.263. The van der Waals surface area contributed by atoms with Gasteiger partial charge in [0.05, 0.1) is 17.7 Å². The van der Waals surface area contributed by atoms with Crippen LogP contribution in [0, 0.1) is 10.1 Å². The van der Waals surface area contributed by atoms with Crippen molar-refractivity contribution in [2.45, 2.75) is 32.9 Å². The van der Waals surface area contributed by atoms with Crippen LogP contribution in [0.4, 0.5) is 11.4 Å². The van der Waals surface area contributed by atoms with Crippen LogP contribution in [-0.2, 0) is 17.8 Å². The Hall–Kier alpha value is -3.82. The number of rotatable bonds is 5. The number of ketones is 1. The Morgan fingerprint density at radius 3 is 2.55 bits per heavy atom. The molecule has 1 aliphatic heterocycles. The Balaban J connectivity index is 1.95. The number of Topliss-reactive ketones (excluding diaryl/α,β-unsaturated/α-hetero) is 1. The second-order valence-corrected chi connectivity index (χ2v) is 6.88. The van der Waals surface area contributed by atoms with E-state index in [1.54, 1.807) is 17.0 Å². The van der Waals surface area contributed by atoms with Gasteiger partial charge < -0.3 is 15.2 Å². The number of amides is 2. The number of hydrogen-bond acceptors (Lipinski definition) is 6. The number of aromatic nitrogens is 1. The summed E-state index contributed by atoms with van der Waals surface area (Å²) in [5, 5.41) is 11.1. The first-order valence-corrected chi connectivity index (χ1v) is 8.74. The Labute approximate surface area is 164 Å². The van der Waals surface area contributed by atoms with Crippen molar-refractivity contribution in [3.8, 4) is 0 Å². The third-order valence-electron chi connectivity index (χ3n) is 4.82. The van der Waals surface area contributed by atoms with Crippen molar-refractivity contribution >= 4 is 29.0 Å². The minimum absolute atomic E-state index is 0.0367.